The van der Waals surface area contributed by atoms with Gasteiger partial charge in [0.1, 0.15) is 11.9 Å². The Bertz CT molecular complexity index is 2240. The van der Waals surface area contributed by atoms with Crippen LogP contribution < -0.4 is 5.32 Å². The van der Waals surface area contributed by atoms with E-state index in [1.807, 2.05) is 43.4 Å². The van der Waals surface area contributed by atoms with Gasteiger partial charge in [0.25, 0.3) is 0 Å². The van der Waals surface area contributed by atoms with Crippen LogP contribution in [0.3, 0.4) is 0 Å². The average Bonchev–Trinajstić information content (AvgIpc) is 4.10. The van der Waals surface area contributed by atoms with Crippen LogP contribution in [0.2, 0.25) is 0 Å². The second-order valence-corrected chi connectivity index (χ2v) is 16.4. The second kappa shape index (κ2) is 15.1. The van der Waals surface area contributed by atoms with Crippen molar-refractivity contribution in [3.63, 3.8) is 0 Å². The van der Waals surface area contributed by atoms with E-state index in [1.165, 1.54) is 48.8 Å². The van der Waals surface area contributed by atoms with Gasteiger partial charge in [0, 0.05) is 73.0 Å². The van der Waals surface area contributed by atoms with Crippen LogP contribution in [0.4, 0.5) is 4.79 Å². The molecule has 2 unspecified atom stereocenters. The summed E-state index contributed by atoms with van der Waals surface area (Å²) in [6, 6.07) is 20.9. The molecule has 2 aliphatic carbocycles. The van der Waals surface area contributed by atoms with Crippen LogP contribution >= 0.6 is 0 Å². The molecule has 10 heteroatoms. The molecule has 4 aromatic rings. The molecule has 0 radical (unpaired) electrons. The number of methoxy groups -OCH3 is 1. The van der Waals surface area contributed by atoms with Crippen molar-refractivity contribution in [2.24, 2.45) is 33.7 Å². The van der Waals surface area contributed by atoms with Crippen molar-refractivity contribution in [1.82, 2.24) is 25.2 Å². The zero-order valence-corrected chi connectivity index (χ0v) is 32.3. The van der Waals surface area contributed by atoms with E-state index in [2.05, 4.69) is 76.1 Å². The second-order valence-electron chi connectivity index (χ2n) is 16.4. The highest BCUT2D eigenvalue weighted by molar-refractivity contribution is 6.04. The number of nitrogens with zero attached hydrogens (tertiary/aromatic N) is 5. The summed E-state index contributed by atoms with van der Waals surface area (Å²) >= 11 is 0. The van der Waals surface area contributed by atoms with Crippen LogP contribution in [0, 0.1) is 23.7 Å². The van der Waals surface area contributed by atoms with Crippen LogP contribution in [0.1, 0.15) is 81.7 Å². The maximum absolute atomic E-state index is 13.6. The number of nitrogens with one attached hydrogen (secondary N) is 2. The third kappa shape index (κ3) is 6.79. The molecule has 9 rings (SSSR count). The summed E-state index contributed by atoms with van der Waals surface area (Å²) in [5, 5.41) is 2.73. The molecule has 5 heterocycles. The van der Waals surface area contributed by atoms with Crippen LogP contribution in [-0.2, 0) is 9.53 Å². The molecule has 2 amide bonds. The third-order valence-corrected chi connectivity index (χ3v) is 12.9. The van der Waals surface area contributed by atoms with Gasteiger partial charge in [-0.1, -0.05) is 62.4 Å². The summed E-state index contributed by atoms with van der Waals surface area (Å²) in [4.78, 5) is 50.2. The number of hydrogen-bond acceptors (Lipinski definition) is 7. The maximum Gasteiger partial charge on any atom is 0.407 e. The van der Waals surface area contributed by atoms with E-state index in [0.29, 0.717) is 36.6 Å². The normalized spacial score (nSPS) is 24.6. The number of H-pyrrole nitrogens is 1. The Morgan fingerprint density at radius 1 is 0.804 bits per heavy atom. The molecule has 286 valence electrons. The van der Waals surface area contributed by atoms with Gasteiger partial charge in [0.2, 0.25) is 5.91 Å². The predicted octanol–water partition coefficient (Wildman–Crippen LogP) is 8.71. The lowest BCUT2D eigenvalue weighted by molar-refractivity contribution is -0.134. The molecule has 5 aliphatic rings. The Morgan fingerprint density at radius 2 is 1.45 bits per heavy atom. The van der Waals surface area contributed by atoms with E-state index in [1.54, 1.807) is 6.20 Å². The topological polar surface area (TPSA) is 125 Å². The van der Waals surface area contributed by atoms with Crippen molar-refractivity contribution < 1.29 is 14.3 Å². The number of likely N-dealkylation sites (tertiary alicyclic amines) is 1. The Labute approximate surface area is 328 Å². The minimum absolute atomic E-state index is 0.0648. The highest BCUT2D eigenvalue weighted by Crippen LogP contribution is 2.57. The summed E-state index contributed by atoms with van der Waals surface area (Å²) in [6.07, 6.45) is 16.3. The molecule has 56 heavy (non-hydrogen) atoms. The molecule has 0 spiro atoms. The SMILES string of the molecule is COC(=O)N[C@H](C(=O)N1CCC[C@H]1C1=NC=C(c2ccc(-c3ccc(C4=CN=C([C@H]5C6CCC(C6)[C@@H]5c5ncc(-c6cccnc6)[nH]5)C4)cc3)cc2)C1)C(C)C. The number of benzene rings is 2. The molecule has 2 bridgehead atoms. The highest BCUT2D eigenvalue weighted by atomic mass is 16.5. The van der Waals surface area contributed by atoms with Gasteiger partial charge in [-0.15, -0.1) is 0 Å². The summed E-state index contributed by atoms with van der Waals surface area (Å²) in [7, 11) is 1.31. The monoisotopic (exact) mass is 747 g/mol. The standard InChI is InChI=1S/C46H49N7O3/c1-27(2)43(52-46(55)56-3)45(54)53-19-5-7-40(53)37-21-35(24-48-37)30-12-8-28(9-13-30)29-10-14-31(15-11-29)36-22-38(49-25-36)41-32-16-17-33(20-32)42(41)44-50-26-39(51-44)34-6-4-18-47-23-34/h4,6,8-15,18,23-27,32-33,40-43H,5,7,16-17,19-22H2,1-3H3,(H,50,51)(H,52,55)/t32?,33?,40-,41+,42-,43-/m0/s1. The molecular weight excluding hydrogens is 699 g/mol. The van der Waals surface area contributed by atoms with E-state index < -0.39 is 12.1 Å². The van der Waals surface area contributed by atoms with E-state index >= 15 is 0 Å². The Kier molecular flexibility index (Phi) is 9.73. The fourth-order valence-corrected chi connectivity index (χ4v) is 10.0. The van der Waals surface area contributed by atoms with Gasteiger partial charge in [-0.3, -0.25) is 19.8 Å². The van der Waals surface area contributed by atoms with Crippen molar-refractivity contribution in [3.8, 4) is 22.4 Å². The van der Waals surface area contributed by atoms with Gasteiger partial charge in [-0.05, 0) is 95.4 Å². The number of aromatic amines is 1. The van der Waals surface area contributed by atoms with Gasteiger partial charge in [-0.25, -0.2) is 9.78 Å². The number of aromatic nitrogens is 3. The lowest BCUT2D eigenvalue weighted by Crippen LogP contribution is -2.53. The van der Waals surface area contributed by atoms with Crippen molar-refractivity contribution in [2.45, 2.75) is 76.8 Å². The molecule has 2 aromatic heterocycles. The Balaban J connectivity index is 0.819. The van der Waals surface area contributed by atoms with E-state index in [-0.39, 0.29) is 17.9 Å². The van der Waals surface area contributed by atoms with Crippen LogP contribution in [0.25, 0.3) is 33.5 Å². The smallest absolute Gasteiger partial charge is 0.407 e. The highest BCUT2D eigenvalue weighted by Gasteiger charge is 2.51. The number of fused-ring (bicyclic) bond motifs is 2. The van der Waals surface area contributed by atoms with Gasteiger partial charge in [0.15, 0.2) is 0 Å². The number of carbonyl (C=O) groups excluding carboxylic acids is 2. The molecule has 2 N–H and O–H groups in total. The van der Waals surface area contributed by atoms with Crippen molar-refractivity contribution in [2.75, 3.05) is 13.7 Å². The molecular formula is C46H49N7O3. The molecule has 2 aromatic carbocycles. The molecule has 3 aliphatic heterocycles. The minimum atomic E-state index is -0.639. The fraction of sp³-hybridized carbons (Fsp3) is 0.391. The van der Waals surface area contributed by atoms with Gasteiger partial charge in [0.05, 0.1) is 25.0 Å². The summed E-state index contributed by atoms with van der Waals surface area (Å²) in [5.41, 5.74) is 11.5. The number of hydrogen-bond donors (Lipinski definition) is 2. The summed E-state index contributed by atoms with van der Waals surface area (Å²) in [5.74, 6) is 3.10. The number of amides is 2. The fourth-order valence-electron chi connectivity index (χ4n) is 10.0. The van der Waals surface area contributed by atoms with Crippen molar-refractivity contribution in [3.05, 3.63) is 109 Å². The maximum atomic E-state index is 13.6. The first-order chi connectivity index (χ1) is 27.3. The summed E-state index contributed by atoms with van der Waals surface area (Å²) < 4.78 is 4.78. The zero-order valence-electron chi connectivity index (χ0n) is 32.3. The predicted molar refractivity (Wildman–Crippen MR) is 220 cm³/mol. The number of imidazole rings is 1. The number of ether oxygens (including phenoxy) is 1. The largest absolute Gasteiger partial charge is 0.453 e. The van der Waals surface area contributed by atoms with E-state index in [4.69, 9.17) is 19.7 Å². The lowest BCUT2D eigenvalue weighted by Gasteiger charge is -2.31. The van der Waals surface area contributed by atoms with Crippen molar-refractivity contribution >= 4 is 34.6 Å². The first-order valence-corrected chi connectivity index (χ1v) is 20.2. The van der Waals surface area contributed by atoms with Crippen LogP contribution in [0.5, 0.6) is 0 Å². The van der Waals surface area contributed by atoms with Gasteiger partial charge < -0.3 is 19.9 Å². The zero-order chi connectivity index (χ0) is 38.3. The van der Waals surface area contributed by atoms with E-state index in [9.17, 15) is 9.59 Å². The number of alkyl carbamates (subject to hydrolysis) is 1. The van der Waals surface area contributed by atoms with Gasteiger partial charge >= 0.3 is 6.09 Å². The molecule has 2 saturated carbocycles. The third-order valence-electron chi connectivity index (χ3n) is 12.9. The summed E-state index contributed by atoms with van der Waals surface area (Å²) in [6.45, 7) is 4.53. The number of carbonyl (C=O) groups is 2. The van der Waals surface area contributed by atoms with Crippen LogP contribution in [0.15, 0.2) is 102 Å². The van der Waals surface area contributed by atoms with Crippen molar-refractivity contribution in [1.29, 1.82) is 0 Å². The number of rotatable bonds is 10. The Morgan fingerprint density at radius 3 is 2.09 bits per heavy atom. The number of aliphatic imine (C=N–C) groups is 2. The molecule has 6 atom stereocenters. The molecule has 1 saturated heterocycles. The number of pyridine rings is 1. The number of allylic oxidation sites excluding steroid dienone is 2. The lowest BCUT2D eigenvalue weighted by atomic mass is 9.75. The quantitative estimate of drug-likeness (QED) is 0.168. The first kappa shape index (κ1) is 36.0. The minimum Gasteiger partial charge on any atom is -0.453 e. The van der Waals surface area contributed by atoms with E-state index in [0.717, 1.165) is 58.8 Å². The van der Waals surface area contributed by atoms with Crippen LogP contribution in [-0.4, -0.2) is 69.0 Å². The average molecular weight is 748 g/mol. The first-order valence-electron chi connectivity index (χ1n) is 20.2. The van der Waals surface area contributed by atoms with Gasteiger partial charge in [-0.2, -0.15) is 0 Å². The molecule has 3 fully saturated rings. The molecule has 10 nitrogen and oxygen atoms in total. The Hall–Kier alpha value is -5.64.